The van der Waals surface area contributed by atoms with Crippen LogP contribution in [0, 0.1) is 0 Å². The molecule has 6 heteroatoms. The lowest BCUT2D eigenvalue weighted by Gasteiger charge is -2.34. The fraction of sp³-hybridized carbons (Fsp3) is 1.00. The zero-order chi connectivity index (χ0) is 13.6. The SMILES string of the molecule is CC(C)OCCS(=O)(=O)N1CCCCC1CCN. The summed E-state index contributed by atoms with van der Waals surface area (Å²) in [7, 11) is -3.20. The van der Waals surface area contributed by atoms with E-state index in [0.717, 1.165) is 25.7 Å². The van der Waals surface area contributed by atoms with Crippen LogP contribution in [0.5, 0.6) is 0 Å². The van der Waals surface area contributed by atoms with Gasteiger partial charge in [0.1, 0.15) is 0 Å². The highest BCUT2D eigenvalue weighted by atomic mass is 32.2. The van der Waals surface area contributed by atoms with Crippen molar-refractivity contribution < 1.29 is 13.2 Å². The van der Waals surface area contributed by atoms with Crippen molar-refractivity contribution in [2.45, 2.75) is 51.7 Å². The van der Waals surface area contributed by atoms with Gasteiger partial charge in [-0.3, -0.25) is 0 Å². The molecule has 0 aliphatic carbocycles. The van der Waals surface area contributed by atoms with Gasteiger partial charge in [0.2, 0.25) is 10.0 Å². The van der Waals surface area contributed by atoms with Crippen molar-refractivity contribution in [3.63, 3.8) is 0 Å². The summed E-state index contributed by atoms with van der Waals surface area (Å²) in [6.07, 6.45) is 3.80. The molecule has 0 spiro atoms. The summed E-state index contributed by atoms with van der Waals surface area (Å²) in [6.45, 7) is 5.26. The zero-order valence-corrected chi connectivity index (χ0v) is 12.3. The van der Waals surface area contributed by atoms with E-state index >= 15 is 0 Å². The quantitative estimate of drug-likeness (QED) is 0.752. The van der Waals surface area contributed by atoms with Gasteiger partial charge in [0.05, 0.1) is 18.5 Å². The Balaban J connectivity index is 2.57. The van der Waals surface area contributed by atoms with Crippen LogP contribution in [0.1, 0.15) is 39.5 Å². The molecule has 5 nitrogen and oxygen atoms in total. The van der Waals surface area contributed by atoms with Crippen molar-refractivity contribution in [3.8, 4) is 0 Å². The minimum Gasteiger partial charge on any atom is -0.378 e. The highest BCUT2D eigenvalue weighted by Crippen LogP contribution is 2.22. The summed E-state index contributed by atoms with van der Waals surface area (Å²) in [5.74, 6) is 0.0756. The number of hydrogen-bond acceptors (Lipinski definition) is 4. The Morgan fingerprint density at radius 2 is 2.11 bits per heavy atom. The van der Waals surface area contributed by atoms with Gasteiger partial charge in [0.15, 0.2) is 0 Å². The first kappa shape index (κ1) is 15.9. The van der Waals surface area contributed by atoms with E-state index in [1.54, 1.807) is 4.31 Å². The number of rotatable bonds is 7. The van der Waals surface area contributed by atoms with Crippen LogP contribution in [-0.4, -0.2) is 50.3 Å². The molecule has 0 aromatic heterocycles. The maximum atomic E-state index is 12.3. The second-order valence-electron chi connectivity index (χ2n) is 5.07. The Bertz CT molecular complexity index is 328. The highest BCUT2D eigenvalue weighted by Gasteiger charge is 2.31. The number of nitrogens with two attached hydrogens (primary N) is 1. The van der Waals surface area contributed by atoms with E-state index in [2.05, 4.69) is 0 Å². The number of sulfonamides is 1. The monoisotopic (exact) mass is 278 g/mol. The predicted octanol–water partition coefficient (Wildman–Crippen LogP) is 0.945. The molecule has 1 saturated heterocycles. The van der Waals surface area contributed by atoms with Crippen LogP contribution in [0.25, 0.3) is 0 Å². The first-order valence-corrected chi connectivity index (χ1v) is 8.39. The molecule has 0 saturated carbocycles. The fourth-order valence-corrected chi connectivity index (χ4v) is 3.94. The standard InChI is InChI=1S/C12H26N2O3S/c1-11(2)17-9-10-18(15,16)14-8-4-3-5-12(14)6-7-13/h11-12H,3-10,13H2,1-2H3. The largest absolute Gasteiger partial charge is 0.378 e. The molecule has 0 amide bonds. The molecule has 1 atom stereocenters. The van der Waals surface area contributed by atoms with E-state index in [1.807, 2.05) is 13.8 Å². The predicted molar refractivity (Wildman–Crippen MR) is 72.9 cm³/mol. The average molecular weight is 278 g/mol. The van der Waals surface area contributed by atoms with Crippen molar-refractivity contribution in [1.29, 1.82) is 0 Å². The maximum Gasteiger partial charge on any atom is 0.216 e. The van der Waals surface area contributed by atoms with Crippen LogP contribution in [0.2, 0.25) is 0 Å². The number of hydrogen-bond donors (Lipinski definition) is 1. The fourth-order valence-electron chi connectivity index (χ4n) is 2.33. The zero-order valence-electron chi connectivity index (χ0n) is 11.5. The van der Waals surface area contributed by atoms with Crippen molar-refractivity contribution >= 4 is 10.0 Å². The van der Waals surface area contributed by atoms with Crippen LogP contribution in [0.3, 0.4) is 0 Å². The van der Waals surface area contributed by atoms with E-state index in [1.165, 1.54) is 0 Å². The topological polar surface area (TPSA) is 72.6 Å². The summed E-state index contributed by atoms with van der Waals surface area (Å²) in [5, 5.41) is 0. The lowest BCUT2D eigenvalue weighted by atomic mass is 10.0. The number of nitrogens with zero attached hydrogens (tertiary/aromatic N) is 1. The van der Waals surface area contributed by atoms with Crippen LogP contribution in [0.4, 0.5) is 0 Å². The number of piperidine rings is 1. The van der Waals surface area contributed by atoms with Crippen LogP contribution in [-0.2, 0) is 14.8 Å². The van der Waals surface area contributed by atoms with E-state index in [9.17, 15) is 8.42 Å². The van der Waals surface area contributed by atoms with E-state index in [0.29, 0.717) is 13.1 Å². The Kier molecular flexibility index (Phi) is 6.55. The minimum absolute atomic E-state index is 0.0707. The smallest absolute Gasteiger partial charge is 0.216 e. The van der Waals surface area contributed by atoms with Gasteiger partial charge in [0, 0.05) is 12.6 Å². The number of ether oxygens (including phenoxy) is 1. The van der Waals surface area contributed by atoms with Crippen molar-refractivity contribution in [3.05, 3.63) is 0 Å². The molecule has 0 aromatic rings. The molecule has 1 unspecified atom stereocenters. The lowest BCUT2D eigenvalue weighted by Crippen LogP contribution is -2.46. The van der Waals surface area contributed by atoms with Gasteiger partial charge in [-0.15, -0.1) is 0 Å². The third-order valence-corrected chi connectivity index (χ3v) is 5.10. The Labute approximate surface area is 111 Å². The van der Waals surface area contributed by atoms with Crippen molar-refractivity contribution in [2.75, 3.05) is 25.4 Å². The van der Waals surface area contributed by atoms with E-state index in [4.69, 9.17) is 10.5 Å². The summed E-state index contributed by atoms with van der Waals surface area (Å²) in [4.78, 5) is 0. The molecule has 108 valence electrons. The summed E-state index contributed by atoms with van der Waals surface area (Å²) < 4.78 is 31.5. The summed E-state index contributed by atoms with van der Waals surface area (Å²) in [5.41, 5.74) is 5.56. The van der Waals surface area contributed by atoms with Gasteiger partial charge in [0.25, 0.3) is 0 Å². The van der Waals surface area contributed by atoms with Gasteiger partial charge in [-0.25, -0.2) is 8.42 Å². The molecule has 0 bridgehead atoms. The second kappa shape index (κ2) is 7.43. The normalized spacial score (nSPS) is 22.6. The average Bonchev–Trinajstić information content (AvgIpc) is 2.29. The van der Waals surface area contributed by atoms with E-state index < -0.39 is 10.0 Å². The van der Waals surface area contributed by atoms with Gasteiger partial charge < -0.3 is 10.5 Å². The second-order valence-corrected chi connectivity index (χ2v) is 7.11. The first-order valence-electron chi connectivity index (χ1n) is 6.78. The lowest BCUT2D eigenvalue weighted by molar-refractivity contribution is 0.0902. The molecule has 18 heavy (non-hydrogen) atoms. The molecule has 1 rings (SSSR count). The summed E-state index contributed by atoms with van der Waals surface area (Å²) in [6, 6.07) is 0.0906. The molecule has 0 aromatic carbocycles. The van der Waals surface area contributed by atoms with Crippen LogP contribution >= 0.6 is 0 Å². The van der Waals surface area contributed by atoms with Crippen LogP contribution < -0.4 is 5.73 Å². The van der Waals surface area contributed by atoms with Gasteiger partial charge >= 0.3 is 0 Å². The molecular formula is C12H26N2O3S. The van der Waals surface area contributed by atoms with Gasteiger partial charge in [-0.1, -0.05) is 6.42 Å². The molecule has 0 radical (unpaired) electrons. The van der Waals surface area contributed by atoms with E-state index in [-0.39, 0.29) is 24.5 Å². The van der Waals surface area contributed by atoms with Crippen molar-refractivity contribution in [2.24, 2.45) is 5.73 Å². The molecule has 2 N–H and O–H groups in total. The Hall–Kier alpha value is -0.170. The van der Waals surface area contributed by atoms with Gasteiger partial charge in [-0.2, -0.15) is 4.31 Å². The first-order chi connectivity index (χ1) is 8.47. The maximum absolute atomic E-state index is 12.3. The molecule has 1 aliphatic heterocycles. The third-order valence-electron chi connectivity index (χ3n) is 3.22. The van der Waals surface area contributed by atoms with Gasteiger partial charge in [-0.05, 0) is 39.7 Å². The highest BCUT2D eigenvalue weighted by molar-refractivity contribution is 7.89. The molecule has 1 aliphatic rings. The van der Waals surface area contributed by atoms with Crippen LogP contribution in [0.15, 0.2) is 0 Å². The molecule has 1 fully saturated rings. The molecular weight excluding hydrogens is 252 g/mol. The van der Waals surface area contributed by atoms with Crippen molar-refractivity contribution in [1.82, 2.24) is 4.31 Å². The Morgan fingerprint density at radius 1 is 1.39 bits per heavy atom. The Morgan fingerprint density at radius 3 is 2.72 bits per heavy atom. The molecule has 1 heterocycles. The summed E-state index contributed by atoms with van der Waals surface area (Å²) >= 11 is 0. The third kappa shape index (κ3) is 4.84. The minimum atomic E-state index is -3.20.